The van der Waals surface area contributed by atoms with Crippen LogP contribution in [0.25, 0.3) is 0 Å². The summed E-state index contributed by atoms with van der Waals surface area (Å²) in [6.07, 6.45) is 8.04. The van der Waals surface area contributed by atoms with Gasteiger partial charge in [-0.25, -0.2) is 4.98 Å². The second-order valence-electron chi connectivity index (χ2n) is 5.81. The second kappa shape index (κ2) is 5.85. The van der Waals surface area contributed by atoms with Crippen LogP contribution in [0.15, 0.2) is 12.5 Å². The fourth-order valence-electron chi connectivity index (χ4n) is 2.74. The molecule has 0 aromatic carbocycles. The molecule has 0 radical (unpaired) electrons. The Morgan fingerprint density at radius 1 is 1.50 bits per heavy atom. The van der Waals surface area contributed by atoms with Gasteiger partial charge in [-0.05, 0) is 39.7 Å². The van der Waals surface area contributed by atoms with Crippen LogP contribution in [-0.4, -0.2) is 34.6 Å². The Morgan fingerprint density at radius 2 is 2.22 bits per heavy atom. The molecule has 2 N–H and O–H groups in total. The van der Waals surface area contributed by atoms with E-state index in [1.54, 1.807) is 0 Å². The molecule has 0 amide bonds. The van der Waals surface area contributed by atoms with Crippen molar-refractivity contribution < 1.29 is 0 Å². The van der Waals surface area contributed by atoms with Crippen LogP contribution >= 0.6 is 0 Å². The van der Waals surface area contributed by atoms with E-state index >= 15 is 0 Å². The summed E-state index contributed by atoms with van der Waals surface area (Å²) in [5.74, 6) is 0.875. The van der Waals surface area contributed by atoms with Crippen molar-refractivity contribution in [1.29, 1.82) is 0 Å². The Labute approximate surface area is 110 Å². The smallest absolute Gasteiger partial charge is 0.0951 e. The molecule has 2 rings (SSSR count). The number of rotatable bonds is 6. The molecule has 1 unspecified atom stereocenters. The van der Waals surface area contributed by atoms with Gasteiger partial charge in [0.1, 0.15) is 0 Å². The third-order valence-electron chi connectivity index (χ3n) is 4.12. The van der Waals surface area contributed by atoms with Gasteiger partial charge in [0.15, 0.2) is 0 Å². The van der Waals surface area contributed by atoms with Gasteiger partial charge in [0.25, 0.3) is 0 Å². The first-order valence-corrected chi connectivity index (χ1v) is 7.05. The van der Waals surface area contributed by atoms with Gasteiger partial charge in [0.2, 0.25) is 0 Å². The molecule has 4 nitrogen and oxygen atoms in total. The van der Waals surface area contributed by atoms with Gasteiger partial charge in [0, 0.05) is 25.3 Å². The summed E-state index contributed by atoms with van der Waals surface area (Å²) in [6.45, 7) is 6.18. The van der Waals surface area contributed by atoms with E-state index in [0.29, 0.717) is 12.6 Å². The molecule has 1 aliphatic carbocycles. The van der Waals surface area contributed by atoms with E-state index in [0.717, 1.165) is 12.5 Å². The monoisotopic (exact) mass is 250 g/mol. The lowest BCUT2D eigenvalue weighted by molar-refractivity contribution is 0.160. The molecule has 0 aliphatic heterocycles. The van der Waals surface area contributed by atoms with Gasteiger partial charge < -0.3 is 10.3 Å². The number of likely N-dealkylation sites (N-methyl/N-ethyl adjacent to an activating group) is 1. The Hall–Kier alpha value is -0.870. The molecule has 102 valence electrons. The average molecular weight is 250 g/mol. The summed E-state index contributed by atoms with van der Waals surface area (Å²) in [4.78, 5) is 6.69. The van der Waals surface area contributed by atoms with Crippen LogP contribution in [0.1, 0.15) is 50.9 Å². The predicted octanol–water partition coefficient (Wildman–Crippen LogP) is 2.20. The minimum atomic E-state index is 0.287. The molecule has 18 heavy (non-hydrogen) atoms. The molecule has 1 fully saturated rings. The molecular weight excluding hydrogens is 224 g/mol. The van der Waals surface area contributed by atoms with Crippen molar-refractivity contribution >= 4 is 0 Å². The highest BCUT2D eigenvalue weighted by Gasteiger charge is 2.25. The molecule has 1 saturated carbocycles. The molecule has 1 aromatic rings. The van der Waals surface area contributed by atoms with Crippen molar-refractivity contribution in [1.82, 2.24) is 14.5 Å². The standard InChI is InChI=1S/C14H26N4/c1-11(2)18-10-16-8-14(18)13(7-15)17(3)9-12-5-4-6-12/h8,10-13H,4-7,9,15H2,1-3H3. The number of hydrogen-bond donors (Lipinski definition) is 1. The summed E-state index contributed by atoms with van der Waals surface area (Å²) >= 11 is 0. The molecule has 1 atom stereocenters. The van der Waals surface area contributed by atoms with Gasteiger partial charge in [-0.3, -0.25) is 4.90 Å². The highest BCUT2D eigenvalue weighted by molar-refractivity contribution is 5.07. The van der Waals surface area contributed by atoms with Gasteiger partial charge in [-0.2, -0.15) is 0 Å². The number of nitrogens with two attached hydrogens (primary N) is 1. The van der Waals surface area contributed by atoms with E-state index in [4.69, 9.17) is 5.73 Å². The highest BCUT2D eigenvalue weighted by Crippen LogP contribution is 2.29. The fraction of sp³-hybridized carbons (Fsp3) is 0.786. The molecule has 1 aromatic heterocycles. The highest BCUT2D eigenvalue weighted by atomic mass is 15.2. The van der Waals surface area contributed by atoms with Crippen LogP contribution < -0.4 is 5.73 Å². The normalized spacial score (nSPS) is 18.3. The summed E-state index contributed by atoms with van der Waals surface area (Å²) in [7, 11) is 2.19. The first kappa shape index (κ1) is 13.6. The maximum absolute atomic E-state index is 5.99. The third kappa shape index (κ3) is 2.75. The van der Waals surface area contributed by atoms with E-state index in [1.807, 2.05) is 12.5 Å². The Kier molecular flexibility index (Phi) is 4.40. The minimum absolute atomic E-state index is 0.287. The minimum Gasteiger partial charge on any atom is -0.331 e. The molecule has 0 bridgehead atoms. The first-order chi connectivity index (χ1) is 8.63. The number of aromatic nitrogens is 2. The van der Waals surface area contributed by atoms with Crippen molar-refractivity contribution in [2.45, 2.75) is 45.2 Å². The van der Waals surface area contributed by atoms with Crippen LogP contribution in [0.3, 0.4) is 0 Å². The topological polar surface area (TPSA) is 47.1 Å². The lowest BCUT2D eigenvalue weighted by Gasteiger charge is -2.35. The van der Waals surface area contributed by atoms with Crippen LogP contribution in [0, 0.1) is 5.92 Å². The zero-order valence-electron chi connectivity index (χ0n) is 11.8. The van der Waals surface area contributed by atoms with Crippen molar-refractivity contribution in [3.8, 4) is 0 Å². The van der Waals surface area contributed by atoms with Crippen molar-refractivity contribution in [2.75, 3.05) is 20.1 Å². The number of imidazole rings is 1. The molecular formula is C14H26N4. The van der Waals surface area contributed by atoms with Crippen LogP contribution in [-0.2, 0) is 0 Å². The van der Waals surface area contributed by atoms with E-state index in [-0.39, 0.29) is 6.04 Å². The lowest BCUT2D eigenvalue weighted by Crippen LogP contribution is -2.37. The van der Waals surface area contributed by atoms with E-state index in [2.05, 4.69) is 35.3 Å². The van der Waals surface area contributed by atoms with E-state index in [1.165, 1.54) is 25.0 Å². The average Bonchev–Trinajstić information content (AvgIpc) is 2.73. The van der Waals surface area contributed by atoms with Crippen LogP contribution in [0.2, 0.25) is 0 Å². The van der Waals surface area contributed by atoms with E-state index < -0.39 is 0 Å². The second-order valence-corrected chi connectivity index (χ2v) is 5.81. The van der Waals surface area contributed by atoms with Gasteiger partial charge >= 0.3 is 0 Å². The van der Waals surface area contributed by atoms with Gasteiger partial charge in [-0.1, -0.05) is 6.42 Å². The molecule has 1 aliphatic rings. The fourth-order valence-corrected chi connectivity index (χ4v) is 2.74. The molecule has 1 heterocycles. The zero-order valence-corrected chi connectivity index (χ0v) is 11.8. The van der Waals surface area contributed by atoms with E-state index in [9.17, 15) is 0 Å². The number of nitrogens with zero attached hydrogens (tertiary/aromatic N) is 3. The van der Waals surface area contributed by atoms with Crippen molar-refractivity contribution in [2.24, 2.45) is 11.7 Å². The maximum Gasteiger partial charge on any atom is 0.0951 e. The summed E-state index contributed by atoms with van der Waals surface area (Å²) < 4.78 is 2.23. The van der Waals surface area contributed by atoms with Crippen molar-refractivity contribution in [3.05, 3.63) is 18.2 Å². The van der Waals surface area contributed by atoms with Crippen molar-refractivity contribution in [3.63, 3.8) is 0 Å². The summed E-state index contributed by atoms with van der Waals surface area (Å²) in [5, 5.41) is 0. The SMILES string of the molecule is CC(C)n1cncc1C(CN)N(C)CC1CCC1. The van der Waals surface area contributed by atoms with Gasteiger partial charge in [-0.15, -0.1) is 0 Å². The predicted molar refractivity (Wildman–Crippen MR) is 74.4 cm³/mol. The van der Waals surface area contributed by atoms with Crippen LogP contribution in [0.5, 0.6) is 0 Å². The Morgan fingerprint density at radius 3 is 2.72 bits per heavy atom. The molecule has 0 spiro atoms. The van der Waals surface area contributed by atoms with Crippen LogP contribution in [0.4, 0.5) is 0 Å². The molecule has 0 saturated heterocycles. The first-order valence-electron chi connectivity index (χ1n) is 7.05. The Bertz CT molecular complexity index is 368. The molecule has 4 heteroatoms. The van der Waals surface area contributed by atoms with Gasteiger partial charge in [0.05, 0.1) is 18.1 Å². The lowest BCUT2D eigenvalue weighted by atomic mass is 9.85. The Balaban J connectivity index is 2.08. The number of hydrogen-bond acceptors (Lipinski definition) is 3. The quantitative estimate of drug-likeness (QED) is 0.842. The third-order valence-corrected chi connectivity index (χ3v) is 4.12. The zero-order chi connectivity index (χ0) is 13.1. The maximum atomic E-state index is 5.99. The summed E-state index contributed by atoms with van der Waals surface area (Å²) in [6, 6.07) is 0.726. The largest absolute Gasteiger partial charge is 0.331 e. The summed E-state index contributed by atoms with van der Waals surface area (Å²) in [5.41, 5.74) is 7.23.